The molecule has 20 heavy (non-hydrogen) atoms. The van der Waals surface area contributed by atoms with Crippen LogP contribution >= 0.6 is 15.9 Å². The fourth-order valence-electron chi connectivity index (χ4n) is 1.57. The lowest BCUT2D eigenvalue weighted by Gasteiger charge is -2.06. The van der Waals surface area contributed by atoms with Gasteiger partial charge in [-0.3, -0.25) is 14.9 Å². The number of hydrogen-bond donors (Lipinski definition) is 1. The number of carbonyl (C=O) groups excluding carboxylic acids is 1. The molecule has 0 bridgehead atoms. The van der Waals surface area contributed by atoms with Crippen LogP contribution in [0.15, 0.2) is 46.9 Å². The summed E-state index contributed by atoms with van der Waals surface area (Å²) in [6.07, 6.45) is 0. The van der Waals surface area contributed by atoms with Gasteiger partial charge in [0.1, 0.15) is 5.82 Å². The highest BCUT2D eigenvalue weighted by Gasteiger charge is 2.13. The van der Waals surface area contributed by atoms with E-state index in [1.807, 2.05) is 0 Å². The highest BCUT2D eigenvalue weighted by atomic mass is 79.9. The molecule has 0 unspecified atom stereocenters. The summed E-state index contributed by atoms with van der Waals surface area (Å²) in [7, 11) is 0. The molecule has 0 radical (unpaired) electrons. The van der Waals surface area contributed by atoms with E-state index in [4.69, 9.17) is 0 Å². The molecule has 102 valence electrons. The summed E-state index contributed by atoms with van der Waals surface area (Å²) in [4.78, 5) is 21.9. The summed E-state index contributed by atoms with van der Waals surface area (Å²) in [5.41, 5.74) is -0.0645. The number of nitrogens with zero attached hydrogens (tertiary/aromatic N) is 1. The number of rotatable bonds is 3. The van der Waals surface area contributed by atoms with E-state index >= 15 is 0 Å². The highest BCUT2D eigenvalue weighted by molar-refractivity contribution is 9.10. The van der Waals surface area contributed by atoms with E-state index in [1.54, 1.807) is 0 Å². The third kappa shape index (κ3) is 3.18. The number of nitro groups is 1. The van der Waals surface area contributed by atoms with Crippen molar-refractivity contribution >= 4 is 33.2 Å². The smallest absolute Gasteiger partial charge is 0.271 e. The van der Waals surface area contributed by atoms with E-state index in [1.165, 1.54) is 42.5 Å². The lowest BCUT2D eigenvalue weighted by Crippen LogP contribution is -2.13. The minimum Gasteiger partial charge on any atom is -0.322 e. The van der Waals surface area contributed by atoms with Crippen molar-refractivity contribution in [2.24, 2.45) is 0 Å². The monoisotopic (exact) mass is 338 g/mol. The first-order valence-corrected chi connectivity index (χ1v) is 6.27. The van der Waals surface area contributed by atoms with E-state index in [2.05, 4.69) is 21.2 Å². The minimum atomic E-state index is -0.678. The van der Waals surface area contributed by atoms with Crippen molar-refractivity contribution in [2.45, 2.75) is 0 Å². The summed E-state index contributed by atoms with van der Waals surface area (Å²) in [5, 5.41) is 13.0. The Morgan fingerprint density at radius 2 is 2.00 bits per heavy atom. The van der Waals surface area contributed by atoms with Crippen molar-refractivity contribution in [3.63, 3.8) is 0 Å². The number of non-ortho nitro benzene ring substituents is 1. The summed E-state index contributed by atoms with van der Waals surface area (Å²) in [6.45, 7) is 0. The van der Waals surface area contributed by atoms with Crippen LogP contribution in [0, 0.1) is 15.9 Å². The molecular formula is C13H8BrFN2O3. The molecule has 0 atom stereocenters. The minimum absolute atomic E-state index is 0.139. The third-order valence-electron chi connectivity index (χ3n) is 2.49. The zero-order valence-electron chi connectivity index (χ0n) is 9.97. The Morgan fingerprint density at radius 1 is 1.25 bits per heavy atom. The molecule has 7 heteroatoms. The second kappa shape index (κ2) is 5.79. The molecule has 0 aliphatic heterocycles. The van der Waals surface area contributed by atoms with Crippen LogP contribution in [0.1, 0.15) is 10.4 Å². The Bertz CT molecular complexity index is 691. The standard InChI is InChI=1S/C13H8BrFN2O3/c14-8-4-5-11(12(15)6-8)13(18)16-9-2-1-3-10(7-9)17(19)20/h1-7H,(H,16,18). The van der Waals surface area contributed by atoms with Crippen LogP contribution in [-0.2, 0) is 0 Å². The summed E-state index contributed by atoms with van der Waals surface area (Å²) < 4.78 is 14.1. The number of benzene rings is 2. The molecule has 2 aromatic rings. The van der Waals surface area contributed by atoms with Crippen molar-refractivity contribution < 1.29 is 14.1 Å². The van der Waals surface area contributed by atoms with Gasteiger partial charge in [-0.05, 0) is 24.3 Å². The number of anilines is 1. The average molecular weight is 339 g/mol. The van der Waals surface area contributed by atoms with Crippen LogP contribution < -0.4 is 5.32 Å². The maximum Gasteiger partial charge on any atom is 0.271 e. The molecule has 0 saturated heterocycles. The second-order valence-electron chi connectivity index (χ2n) is 3.89. The van der Waals surface area contributed by atoms with Crippen molar-refractivity contribution in [3.05, 3.63) is 68.4 Å². The maximum absolute atomic E-state index is 13.6. The molecule has 0 aliphatic carbocycles. The van der Waals surface area contributed by atoms with Gasteiger partial charge in [0.25, 0.3) is 11.6 Å². The quantitative estimate of drug-likeness (QED) is 0.684. The first kappa shape index (κ1) is 14.1. The number of amides is 1. The number of halogens is 2. The predicted molar refractivity (Wildman–Crippen MR) is 75.1 cm³/mol. The molecule has 1 N–H and O–H groups in total. The second-order valence-corrected chi connectivity index (χ2v) is 4.80. The van der Waals surface area contributed by atoms with Crippen LogP contribution in [0.5, 0.6) is 0 Å². The normalized spacial score (nSPS) is 10.1. The molecule has 0 saturated carbocycles. The van der Waals surface area contributed by atoms with Crippen LogP contribution in [0.4, 0.5) is 15.8 Å². The molecule has 2 aromatic carbocycles. The Balaban J connectivity index is 2.23. The number of hydrogen-bond acceptors (Lipinski definition) is 3. The molecular weight excluding hydrogens is 331 g/mol. The van der Waals surface area contributed by atoms with E-state index in [-0.39, 0.29) is 16.9 Å². The van der Waals surface area contributed by atoms with E-state index in [0.29, 0.717) is 4.47 Å². The van der Waals surface area contributed by atoms with Crippen molar-refractivity contribution in [1.29, 1.82) is 0 Å². The van der Waals surface area contributed by atoms with Gasteiger partial charge < -0.3 is 5.32 Å². The number of nitrogens with one attached hydrogen (secondary N) is 1. The topological polar surface area (TPSA) is 72.2 Å². The highest BCUT2D eigenvalue weighted by Crippen LogP contribution is 2.20. The van der Waals surface area contributed by atoms with Gasteiger partial charge in [0, 0.05) is 22.3 Å². The first-order chi connectivity index (χ1) is 9.47. The maximum atomic E-state index is 13.6. The summed E-state index contributed by atoms with van der Waals surface area (Å²) >= 11 is 3.09. The Hall–Kier alpha value is -2.28. The van der Waals surface area contributed by atoms with Crippen LogP contribution in [0.25, 0.3) is 0 Å². The Labute approximate surface area is 121 Å². The van der Waals surface area contributed by atoms with Crippen LogP contribution in [0.2, 0.25) is 0 Å². The van der Waals surface area contributed by atoms with E-state index < -0.39 is 16.6 Å². The van der Waals surface area contributed by atoms with Crippen LogP contribution in [0.3, 0.4) is 0 Å². The Morgan fingerprint density at radius 3 is 2.65 bits per heavy atom. The predicted octanol–water partition coefficient (Wildman–Crippen LogP) is 3.75. The van der Waals surface area contributed by atoms with Gasteiger partial charge in [-0.25, -0.2) is 4.39 Å². The molecule has 2 rings (SSSR count). The Kier molecular flexibility index (Phi) is 4.09. The zero-order chi connectivity index (χ0) is 14.7. The summed E-state index contributed by atoms with van der Waals surface area (Å²) in [5.74, 6) is -1.35. The molecule has 5 nitrogen and oxygen atoms in total. The van der Waals surface area contributed by atoms with E-state index in [0.717, 1.165) is 0 Å². The zero-order valence-corrected chi connectivity index (χ0v) is 11.6. The molecule has 0 fully saturated rings. The van der Waals surface area contributed by atoms with Crippen LogP contribution in [-0.4, -0.2) is 10.8 Å². The van der Waals surface area contributed by atoms with Gasteiger partial charge >= 0.3 is 0 Å². The molecule has 0 heterocycles. The lowest BCUT2D eigenvalue weighted by atomic mass is 10.2. The molecule has 0 aromatic heterocycles. The van der Waals surface area contributed by atoms with Gasteiger partial charge in [0.05, 0.1) is 10.5 Å². The average Bonchev–Trinajstić information content (AvgIpc) is 2.38. The van der Waals surface area contributed by atoms with Gasteiger partial charge in [-0.1, -0.05) is 22.0 Å². The van der Waals surface area contributed by atoms with Crippen molar-refractivity contribution in [3.8, 4) is 0 Å². The summed E-state index contributed by atoms with van der Waals surface area (Å²) in [6, 6.07) is 9.46. The third-order valence-corrected chi connectivity index (χ3v) is 2.98. The van der Waals surface area contributed by atoms with Crippen molar-refractivity contribution in [1.82, 2.24) is 0 Å². The fraction of sp³-hybridized carbons (Fsp3) is 0. The molecule has 0 spiro atoms. The van der Waals surface area contributed by atoms with E-state index in [9.17, 15) is 19.3 Å². The largest absolute Gasteiger partial charge is 0.322 e. The van der Waals surface area contributed by atoms with Gasteiger partial charge in [0.2, 0.25) is 0 Å². The number of carbonyl (C=O) groups is 1. The SMILES string of the molecule is O=C(Nc1cccc([N+](=O)[O-])c1)c1ccc(Br)cc1F. The first-order valence-electron chi connectivity index (χ1n) is 5.48. The van der Waals surface area contributed by atoms with Crippen molar-refractivity contribution in [2.75, 3.05) is 5.32 Å². The van der Waals surface area contributed by atoms with Gasteiger partial charge in [-0.2, -0.15) is 0 Å². The molecule has 0 aliphatic rings. The fourth-order valence-corrected chi connectivity index (χ4v) is 1.90. The number of nitro benzene ring substituents is 1. The lowest BCUT2D eigenvalue weighted by molar-refractivity contribution is -0.384. The molecule has 1 amide bonds. The van der Waals surface area contributed by atoms with Gasteiger partial charge in [0.15, 0.2) is 0 Å². The van der Waals surface area contributed by atoms with Gasteiger partial charge in [-0.15, -0.1) is 0 Å².